The highest BCUT2D eigenvalue weighted by molar-refractivity contribution is 6.19. The van der Waals surface area contributed by atoms with E-state index in [-0.39, 0.29) is 22.6 Å². The van der Waals surface area contributed by atoms with Crippen molar-refractivity contribution in [1.29, 1.82) is 0 Å². The number of methoxy groups -OCH3 is 2. The molecule has 1 saturated heterocycles. The Kier molecular flexibility index (Phi) is 6.81. The standard InChI is InChI=1S/C34H31N3O7/c1-42-27-16-25(37-29-21(18-6-7-18)4-3-5-22(27)29)31(39)28-30(38)23-14-19(20-15-24(33(41)43-2)32(40)36-17-20)8-9-26(23)44-34(28)10-12-35-13-11-34/h3-5,8-9,14-18,28,35H,6-7,10-13H2,1-2H3,(H,36,40)/t28-/m1/s1. The van der Waals surface area contributed by atoms with Gasteiger partial charge in [-0.25, -0.2) is 9.78 Å². The van der Waals surface area contributed by atoms with Crippen LogP contribution in [-0.4, -0.2) is 60.4 Å². The van der Waals surface area contributed by atoms with Gasteiger partial charge in [0.2, 0.25) is 0 Å². The summed E-state index contributed by atoms with van der Waals surface area (Å²) in [5, 5.41) is 4.14. The number of nitrogens with one attached hydrogen (secondary N) is 2. The highest BCUT2D eigenvalue weighted by Crippen LogP contribution is 2.46. The number of aromatic amines is 1. The smallest absolute Gasteiger partial charge is 0.343 e. The van der Waals surface area contributed by atoms with Gasteiger partial charge >= 0.3 is 5.97 Å². The van der Waals surface area contributed by atoms with Gasteiger partial charge in [-0.2, -0.15) is 0 Å². The number of carbonyl (C=O) groups is 3. The lowest BCUT2D eigenvalue weighted by Gasteiger charge is -2.45. The Balaban J connectivity index is 1.34. The molecule has 10 heteroatoms. The lowest BCUT2D eigenvalue weighted by atomic mass is 9.71. The molecular weight excluding hydrogens is 562 g/mol. The highest BCUT2D eigenvalue weighted by Gasteiger charge is 2.54. The van der Waals surface area contributed by atoms with Crippen LogP contribution in [-0.2, 0) is 4.74 Å². The molecule has 1 atom stereocenters. The molecule has 1 saturated carbocycles. The van der Waals surface area contributed by atoms with Gasteiger partial charge in [-0.3, -0.25) is 14.4 Å². The molecular formula is C34H31N3O7. The number of ketones is 2. The van der Waals surface area contributed by atoms with Crippen molar-refractivity contribution in [3.63, 3.8) is 0 Å². The first-order valence-corrected chi connectivity index (χ1v) is 14.7. The van der Waals surface area contributed by atoms with Gasteiger partial charge in [0.1, 0.15) is 34.3 Å². The van der Waals surface area contributed by atoms with Crippen LogP contribution in [0.15, 0.2) is 59.5 Å². The zero-order valence-electron chi connectivity index (χ0n) is 24.4. The minimum atomic E-state index is -1.13. The van der Waals surface area contributed by atoms with Crippen molar-refractivity contribution in [1.82, 2.24) is 15.3 Å². The number of nitrogens with zero attached hydrogens (tertiary/aromatic N) is 1. The van der Waals surface area contributed by atoms with E-state index >= 15 is 0 Å². The Morgan fingerprint density at radius 1 is 1.00 bits per heavy atom. The molecule has 4 aromatic rings. The average Bonchev–Trinajstić information content (AvgIpc) is 3.90. The predicted octanol–water partition coefficient (Wildman–Crippen LogP) is 4.46. The fourth-order valence-corrected chi connectivity index (χ4v) is 6.58. The third kappa shape index (κ3) is 4.57. The second-order valence-corrected chi connectivity index (χ2v) is 11.6. The van der Waals surface area contributed by atoms with E-state index < -0.39 is 28.8 Å². The van der Waals surface area contributed by atoms with Crippen molar-refractivity contribution in [2.45, 2.75) is 37.2 Å². The molecule has 10 nitrogen and oxygen atoms in total. The van der Waals surface area contributed by atoms with E-state index in [2.05, 4.69) is 10.3 Å². The first-order valence-electron chi connectivity index (χ1n) is 14.7. The Bertz CT molecular complexity index is 1900. The van der Waals surface area contributed by atoms with Crippen molar-refractivity contribution in [3.8, 4) is 22.6 Å². The van der Waals surface area contributed by atoms with Crippen molar-refractivity contribution in [2.24, 2.45) is 5.92 Å². The molecule has 0 radical (unpaired) electrons. The van der Waals surface area contributed by atoms with E-state index in [0.29, 0.717) is 54.5 Å². The molecule has 0 amide bonds. The van der Waals surface area contributed by atoms with Crippen molar-refractivity contribution < 1.29 is 28.6 Å². The number of aromatic nitrogens is 2. The van der Waals surface area contributed by atoms with Crippen LogP contribution in [0.4, 0.5) is 0 Å². The van der Waals surface area contributed by atoms with Crippen molar-refractivity contribution in [3.05, 3.63) is 87.5 Å². The maximum absolute atomic E-state index is 14.5. The number of para-hydroxylation sites is 1. The maximum Gasteiger partial charge on any atom is 0.343 e. The van der Waals surface area contributed by atoms with Gasteiger partial charge in [0.25, 0.3) is 5.56 Å². The Hall–Kier alpha value is -4.83. The molecule has 0 bridgehead atoms. The molecule has 3 aliphatic rings. The fourth-order valence-electron chi connectivity index (χ4n) is 6.58. The molecule has 1 spiro atoms. The first-order chi connectivity index (χ1) is 21.3. The number of Topliss-reactive ketones (excluding diaryl/α,β-unsaturated/α-hetero) is 2. The summed E-state index contributed by atoms with van der Waals surface area (Å²) in [5.74, 6) is -1.34. The normalized spacial score (nSPS) is 18.9. The van der Waals surface area contributed by atoms with Gasteiger partial charge in [-0.1, -0.05) is 18.2 Å². The molecule has 4 heterocycles. The summed E-state index contributed by atoms with van der Waals surface area (Å²) in [6, 6.07) is 14.1. The van der Waals surface area contributed by atoms with Crippen LogP contribution in [0.25, 0.3) is 22.0 Å². The molecule has 224 valence electrons. The zero-order chi connectivity index (χ0) is 30.6. The Labute approximate surface area is 252 Å². The van der Waals surface area contributed by atoms with E-state index in [1.165, 1.54) is 19.4 Å². The SMILES string of the molecule is COC(=O)c1cc(-c2ccc3c(c2)C(=O)[C@H](C(=O)c2cc(OC)c4cccc(C5CC5)c4n2)C2(CCNCC2)O3)c[nH]c1=O. The molecule has 0 unspecified atom stereocenters. The van der Waals surface area contributed by atoms with Gasteiger partial charge < -0.3 is 24.5 Å². The molecule has 44 heavy (non-hydrogen) atoms. The molecule has 2 N–H and O–H groups in total. The summed E-state index contributed by atoms with van der Waals surface area (Å²) < 4.78 is 17.1. The number of pyridine rings is 2. The van der Waals surface area contributed by atoms with Gasteiger partial charge in [0, 0.05) is 30.5 Å². The Morgan fingerprint density at radius 2 is 1.80 bits per heavy atom. The van der Waals surface area contributed by atoms with E-state index in [1.54, 1.807) is 31.4 Å². The van der Waals surface area contributed by atoms with Crippen LogP contribution in [0.2, 0.25) is 0 Å². The number of hydrogen-bond donors (Lipinski definition) is 2. The van der Waals surface area contributed by atoms with Crippen LogP contribution < -0.4 is 20.3 Å². The summed E-state index contributed by atoms with van der Waals surface area (Å²) in [5.41, 5.74) is 1.52. The molecule has 7 rings (SSSR count). The number of ether oxygens (including phenoxy) is 3. The van der Waals surface area contributed by atoms with Crippen LogP contribution in [0, 0.1) is 5.92 Å². The van der Waals surface area contributed by atoms with Crippen molar-refractivity contribution in [2.75, 3.05) is 27.3 Å². The quantitative estimate of drug-likeness (QED) is 0.189. The van der Waals surface area contributed by atoms with E-state index in [0.717, 1.165) is 29.3 Å². The number of carbonyl (C=O) groups excluding carboxylic acids is 3. The second-order valence-electron chi connectivity index (χ2n) is 11.6. The summed E-state index contributed by atoms with van der Waals surface area (Å²) in [4.78, 5) is 60.8. The van der Waals surface area contributed by atoms with Crippen LogP contribution in [0.1, 0.15) is 68.4 Å². The number of fused-ring (bicyclic) bond motifs is 2. The summed E-state index contributed by atoms with van der Waals surface area (Å²) >= 11 is 0. The van der Waals surface area contributed by atoms with Gasteiger partial charge in [-0.05, 0) is 72.8 Å². The summed E-state index contributed by atoms with van der Waals surface area (Å²) in [7, 11) is 2.76. The molecule has 2 aromatic heterocycles. The van der Waals surface area contributed by atoms with E-state index in [9.17, 15) is 19.2 Å². The van der Waals surface area contributed by atoms with Crippen LogP contribution >= 0.6 is 0 Å². The molecule has 2 fully saturated rings. The number of H-pyrrole nitrogens is 1. The number of rotatable bonds is 6. The van der Waals surface area contributed by atoms with Crippen LogP contribution in [0.3, 0.4) is 0 Å². The lowest BCUT2D eigenvalue weighted by Crippen LogP contribution is -2.58. The molecule has 2 aliphatic heterocycles. The minimum absolute atomic E-state index is 0.158. The largest absolute Gasteiger partial charge is 0.496 e. The third-order valence-electron chi connectivity index (χ3n) is 9.02. The number of esters is 1. The number of hydrogen-bond acceptors (Lipinski definition) is 9. The lowest BCUT2D eigenvalue weighted by molar-refractivity contribution is -0.0139. The maximum atomic E-state index is 14.5. The van der Waals surface area contributed by atoms with Gasteiger partial charge in [0.15, 0.2) is 11.6 Å². The van der Waals surface area contributed by atoms with Gasteiger partial charge in [0.05, 0.1) is 25.3 Å². The highest BCUT2D eigenvalue weighted by atomic mass is 16.5. The zero-order valence-corrected chi connectivity index (χ0v) is 24.4. The third-order valence-corrected chi connectivity index (χ3v) is 9.02. The van der Waals surface area contributed by atoms with E-state index in [4.69, 9.17) is 19.2 Å². The van der Waals surface area contributed by atoms with Gasteiger partial charge in [-0.15, -0.1) is 0 Å². The number of benzene rings is 2. The Morgan fingerprint density at radius 3 is 2.52 bits per heavy atom. The fraction of sp³-hybridized carbons (Fsp3) is 0.324. The average molecular weight is 594 g/mol. The van der Waals surface area contributed by atoms with E-state index in [1.807, 2.05) is 18.2 Å². The molecule has 2 aromatic carbocycles. The summed E-state index contributed by atoms with van der Waals surface area (Å²) in [6.07, 6.45) is 4.54. The first kappa shape index (κ1) is 28.0. The summed E-state index contributed by atoms with van der Waals surface area (Å²) in [6.45, 7) is 1.19. The molecule has 1 aliphatic carbocycles. The van der Waals surface area contributed by atoms with Crippen LogP contribution in [0.5, 0.6) is 11.5 Å². The second kappa shape index (κ2) is 10.7. The number of piperidine rings is 1. The monoisotopic (exact) mass is 593 g/mol. The topological polar surface area (TPSA) is 137 Å². The van der Waals surface area contributed by atoms with Crippen molar-refractivity contribution >= 4 is 28.4 Å². The predicted molar refractivity (Wildman–Crippen MR) is 162 cm³/mol. The minimum Gasteiger partial charge on any atom is -0.496 e.